The van der Waals surface area contributed by atoms with Gasteiger partial charge in [-0.3, -0.25) is 5.32 Å². The van der Waals surface area contributed by atoms with Crippen molar-refractivity contribution in [1.82, 2.24) is 5.32 Å². The highest BCUT2D eigenvalue weighted by atomic mass is 35.5. The Morgan fingerprint density at radius 3 is 2.47 bits per heavy atom. The molecule has 0 aromatic heterocycles. The van der Waals surface area contributed by atoms with E-state index in [0.29, 0.717) is 23.8 Å². The van der Waals surface area contributed by atoms with Gasteiger partial charge in [-0.1, -0.05) is 6.07 Å². The van der Waals surface area contributed by atoms with Crippen molar-refractivity contribution in [3.63, 3.8) is 0 Å². The molecule has 1 aromatic carbocycles. The Morgan fingerprint density at radius 2 is 1.88 bits per heavy atom. The Bertz CT molecular complexity index is 412. The van der Waals surface area contributed by atoms with Crippen molar-refractivity contribution in [3.8, 4) is 0 Å². The van der Waals surface area contributed by atoms with E-state index >= 15 is 0 Å². The molecular weight excluding hydrogens is 246 g/mol. The molecule has 0 saturated heterocycles. The highest BCUT2D eigenvalue weighted by Gasteiger charge is 2.02. The molecule has 4 N–H and O–H groups in total. The summed E-state index contributed by atoms with van der Waals surface area (Å²) >= 11 is 5.41. The quantitative estimate of drug-likeness (QED) is 0.623. The Labute approximate surface area is 103 Å². The fourth-order valence-corrected chi connectivity index (χ4v) is 1.23. The van der Waals surface area contributed by atoms with Gasteiger partial charge >= 0.3 is 12.1 Å². The van der Waals surface area contributed by atoms with Gasteiger partial charge in [-0.15, -0.1) is 11.6 Å². The summed E-state index contributed by atoms with van der Waals surface area (Å²) in [6.45, 7) is 0.362. The van der Waals surface area contributed by atoms with Gasteiger partial charge in [0, 0.05) is 23.8 Å². The predicted molar refractivity (Wildman–Crippen MR) is 65.8 cm³/mol. The van der Waals surface area contributed by atoms with Crippen LogP contribution in [0.15, 0.2) is 24.3 Å². The molecule has 3 amide bonds. The van der Waals surface area contributed by atoms with E-state index in [1.54, 1.807) is 18.2 Å². The van der Waals surface area contributed by atoms with Gasteiger partial charge in [-0.25, -0.2) is 9.59 Å². The Kier molecular flexibility index (Phi) is 5.09. The summed E-state index contributed by atoms with van der Waals surface area (Å²) in [5, 5.41) is 15.8. The van der Waals surface area contributed by atoms with Crippen LogP contribution in [0.5, 0.6) is 0 Å². The van der Waals surface area contributed by atoms with Crippen molar-refractivity contribution < 1.29 is 14.7 Å². The van der Waals surface area contributed by atoms with Gasteiger partial charge in [0.1, 0.15) is 0 Å². The normalized spacial score (nSPS) is 9.47. The van der Waals surface area contributed by atoms with Crippen molar-refractivity contribution >= 4 is 35.1 Å². The molecule has 6 nitrogen and oxygen atoms in total. The van der Waals surface area contributed by atoms with Crippen LogP contribution < -0.4 is 16.0 Å². The summed E-state index contributed by atoms with van der Waals surface area (Å²) in [4.78, 5) is 21.7. The number of carbonyl (C=O) groups is 2. The molecule has 0 aliphatic heterocycles. The number of carboxylic acid groups (broad SMARTS) is 1. The van der Waals surface area contributed by atoms with E-state index in [2.05, 4.69) is 16.0 Å². The first kappa shape index (κ1) is 13.1. The van der Waals surface area contributed by atoms with Gasteiger partial charge in [0.25, 0.3) is 0 Å². The average molecular weight is 258 g/mol. The van der Waals surface area contributed by atoms with Gasteiger partial charge in [0.05, 0.1) is 0 Å². The fourth-order valence-electron chi connectivity index (χ4n) is 1.13. The molecule has 0 spiro atoms. The third-order valence-electron chi connectivity index (χ3n) is 1.75. The first-order valence-corrected chi connectivity index (χ1v) is 5.36. The molecule has 0 bridgehead atoms. The number of hydrogen-bond donors (Lipinski definition) is 4. The van der Waals surface area contributed by atoms with Crippen LogP contribution >= 0.6 is 11.6 Å². The minimum atomic E-state index is -1.16. The number of rotatable bonds is 4. The van der Waals surface area contributed by atoms with Crippen LogP contribution in [0.2, 0.25) is 0 Å². The van der Waals surface area contributed by atoms with Gasteiger partial charge in [0.15, 0.2) is 0 Å². The Balaban J connectivity index is 2.59. The summed E-state index contributed by atoms with van der Waals surface area (Å²) in [6, 6.07) is 5.97. The maximum Gasteiger partial charge on any atom is 0.409 e. The minimum absolute atomic E-state index is 0.327. The van der Waals surface area contributed by atoms with Crippen LogP contribution in [0.3, 0.4) is 0 Å². The number of alkyl halides is 1. The number of nitrogens with one attached hydrogen (secondary N) is 3. The zero-order valence-electron chi connectivity index (χ0n) is 8.87. The van der Waals surface area contributed by atoms with Crippen LogP contribution in [0, 0.1) is 0 Å². The maximum atomic E-state index is 11.3. The molecular formula is C10H12ClN3O3. The second-order valence-corrected chi connectivity index (χ2v) is 3.46. The van der Waals surface area contributed by atoms with E-state index in [-0.39, 0.29) is 0 Å². The summed E-state index contributed by atoms with van der Waals surface area (Å²) in [5.74, 6) is 0.327. The lowest BCUT2D eigenvalue weighted by Gasteiger charge is -2.07. The van der Waals surface area contributed by atoms with Gasteiger partial charge < -0.3 is 15.7 Å². The zero-order valence-corrected chi connectivity index (χ0v) is 9.62. The molecule has 0 atom stereocenters. The maximum absolute atomic E-state index is 11.3. The van der Waals surface area contributed by atoms with Gasteiger partial charge in [0.2, 0.25) is 0 Å². The molecule has 0 radical (unpaired) electrons. The van der Waals surface area contributed by atoms with Crippen LogP contribution in [0.25, 0.3) is 0 Å². The highest BCUT2D eigenvalue weighted by molar-refractivity contribution is 6.18. The van der Waals surface area contributed by atoms with E-state index in [0.717, 1.165) is 0 Å². The van der Waals surface area contributed by atoms with E-state index < -0.39 is 12.1 Å². The summed E-state index contributed by atoms with van der Waals surface area (Å²) in [5.41, 5.74) is 0.871. The molecule has 0 saturated carbocycles. The standard InChI is InChI=1S/C10H12ClN3O3/c11-4-5-12-9(15)13-7-2-1-3-8(6-7)14-10(16)17/h1-3,6,14H,4-5H2,(H,16,17)(H2,12,13,15). The summed E-state index contributed by atoms with van der Waals surface area (Å²) in [7, 11) is 0. The first-order chi connectivity index (χ1) is 8.11. The van der Waals surface area contributed by atoms with E-state index in [4.69, 9.17) is 16.7 Å². The van der Waals surface area contributed by atoms with E-state index in [1.165, 1.54) is 6.07 Å². The fraction of sp³-hybridized carbons (Fsp3) is 0.200. The summed E-state index contributed by atoms with van der Waals surface area (Å²) in [6.07, 6.45) is -1.16. The smallest absolute Gasteiger partial charge is 0.409 e. The summed E-state index contributed by atoms with van der Waals surface area (Å²) < 4.78 is 0. The second-order valence-electron chi connectivity index (χ2n) is 3.08. The van der Waals surface area contributed by atoms with Gasteiger partial charge in [-0.2, -0.15) is 0 Å². The number of anilines is 2. The van der Waals surface area contributed by atoms with Crippen LogP contribution in [0.4, 0.5) is 21.0 Å². The van der Waals surface area contributed by atoms with Crippen molar-refractivity contribution in [3.05, 3.63) is 24.3 Å². The number of hydrogen-bond acceptors (Lipinski definition) is 2. The number of benzene rings is 1. The third-order valence-corrected chi connectivity index (χ3v) is 1.94. The number of amides is 3. The predicted octanol–water partition coefficient (Wildman–Crippen LogP) is 2.14. The molecule has 17 heavy (non-hydrogen) atoms. The molecule has 0 unspecified atom stereocenters. The SMILES string of the molecule is O=C(O)Nc1cccc(NC(=O)NCCCl)c1. The molecule has 1 rings (SSSR count). The van der Waals surface area contributed by atoms with E-state index in [1.807, 2.05) is 0 Å². The first-order valence-electron chi connectivity index (χ1n) is 4.82. The Morgan fingerprint density at radius 1 is 1.24 bits per heavy atom. The molecule has 1 aromatic rings. The number of halogens is 1. The highest BCUT2D eigenvalue weighted by Crippen LogP contribution is 2.14. The Hall–Kier alpha value is -1.95. The lowest BCUT2D eigenvalue weighted by atomic mass is 10.3. The third kappa shape index (κ3) is 5.07. The number of urea groups is 1. The second kappa shape index (κ2) is 6.59. The molecule has 7 heteroatoms. The van der Waals surface area contributed by atoms with Crippen LogP contribution in [-0.4, -0.2) is 29.7 Å². The van der Waals surface area contributed by atoms with Crippen LogP contribution in [0.1, 0.15) is 0 Å². The monoisotopic (exact) mass is 257 g/mol. The molecule has 0 aliphatic carbocycles. The van der Waals surface area contributed by atoms with E-state index in [9.17, 15) is 9.59 Å². The molecule has 0 heterocycles. The average Bonchev–Trinajstić information content (AvgIpc) is 2.26. The number of carbonyl (C=O) groups excluding carboxylic acids is 1. The lowest BCUT2D eigenvalue weighted by Crippen LogP contribution is -2.30. The topological polar surface area (TPSA) is 90.5 Å². The molecule has 0 aliphatic rings. The van der Waals surface area contributed by atoms with Crippen molar-refractivity contribution in [2.75, 3.05) is 23.1 Å². The van der Waals surface area contributed by atoms with Crippen molar-refractivity contribution in [2.24, 2.45) is 0 Å². The lowest BCUT2D eigenvalue weighted by molar-refractivity contribution is 0.209. The van der Waals surface area contributed by atoms with Crippen LogP contribution in [-0.2, 0) is 0 Å². The van der Waals surface area contributed by atoms with Crippen molar-refractivity contribution in [2.45, 2.75) is 0 Å². The molecule has 92 valence electrons. The minimum Gasteiger partial charge on any atom is -0.465 e. The molecule has 0 fully saturated rings. The zero-order chi connectivity index (χ0) is 12.7. The van der Waals surface area contributed by atoms with Crippen molar-refractivity contribution in [1.29, 1.82) is 0 Å². The van der Waals surface area contributed by atoms with Gasteiger partial charge in [-0.05, 0) is 18.2 Å². The largest absolute Gasteiger partial charge is 0.465 e.